The summed E-state index contributed by atoms with van der Waals surface area (Å²) in [5.41, 5.74) is 0. The molecular weight excluding hydrogens is 464 g/mol. The van der Waals surface area contributed by atoms with Gasteiger partial charge in [-0.3, -0.25) is 0 Å². The lowest BCUT2D eigenvalue weighted by atomic mass is 10.1. The molecule has 0 spiro atoms. The third-order valence-electron chi connectivity index (χ3n) is 7.61. The second-order valence-corrected chi connectivity index (χ2v) is 13.7. The van der Waals surface area contributed by atoms with E-state index in [0.717, 1.165) is 10.9 Å². The van der Waals surface area contributed by atoms with Crippen LogP contribution in [-0.2, 0) is 10.9 Å². The monoisotopic (exact) mass is 532 g/mol. The summed E-state index contributed by atoms with van der Waals surface area (Å²) in [5, 5.41) is 0. The Bertz CT molecular complexity index is 294. The summed E-state index contributed by atoms with van der Waals surface area (Å²) in [7, 11) is 0.741. The topological polar surface area (TPSA) is 0 Å². The highest BCUT2D eigenvalue weighted by atomic mass is 35.5. The van der Waals surface area contributed by atoms with E-state index < -0.39 is 0 Å². The van der Waals surface area contributed by atoms with Crippen molar-refractivity contribution in [3.63, 3.8) is 0 Å². The lowest BCUT2D eigenvalue weighted by molar-refractivity contribution is -0.00000765. The first kappa shape index (κ1) is 37.8. The molecule has 0 heterocycles. The van der Waals surface area contributed by atoms with E-state index in [1.54, 1.807) is 17.3 Å². The van der Waals surface area contributed by atoms with E-state index in [9.17, 15) is 0 Å². The number of hydrogen-bond donors (Lipinski definition) is 0. The van der Waals surface area contributed by atoms with Gasteiger partial charge in [-0.2, -0.15) is 0 Å². The molecule has 2 heteroatoms. The number of halogens is 1. The summed E-state index contributed by atoms with van der Waals surface area (Å²) in [4.78, 5) is 0. The van der Waals surface area contributed by atoms with E-state index in [-0.39, 0.29) is 12.4 Å². The highest BCUT2D eigenvalue weighted by molar-refractivity contribution is 7.96. The molecule has 0 nitrogen and oxygen atoms in total. The van der Waals surface area contributed by atoms with Crippen LogP contribution in [0.1, 0.15) is 194 Å². The first-order chi connectivity index (χ1) is 16.8. The van der Waals surface area contributed by atoms with Gasteiger partial charge in [0.2, 0.25) is 0 Å². The molecular formula is C33H69ClS. The molecule has 0 aromatic heterocycles. The third kappa shape index (κ3) is 32.6. The molecule has 35 heavy (non-hydrogen) atoms. The maximum Gasteiger partial charge on any atom is 0.108 e. The average Bonchev–Trinajstić information content (AvgIpc) is 2.85. The zero-order valence-corrected chi connectivity index (χ0v) is 26.6. The molecule has 0 aromatic carbocycles. The first-order valence-electron chi connectivity index (χ1n) is 16.5. The zero-order chi connectivity index (χ0) is 24.8. The lowest BCUT2D eigenvalue weighted by Crippen LogP contribution is -3.00. The molecule has 0 aromatic rings. The Morgan fingerprint density at radius 2 is 0.429 bits per heavy atom. The Labute approximate surface area is 234 Å². The fraction of sp³-hybridized carbons (Fsp3) is 1.00. The van der Waals surface area contributed by atoms with Crippen molar-refractivity contribution in [2.24, 2.45) is 0 Å². The predicted molar refractivity (Wildman–Crippen MR) is 164 cm³/mol. The van der Waals surface area contributed by atoms with Crippen molar-refractivity contribution in [2.75, 3.05) is 17.3 Å². The Morgan fingerprint density at radius 1 is 0.257 bits per heavy atom. The Balaban J connectivity index is 0. The Morgan fingerprint density at radius 3 is 0.629 bits per heavy atom. The normalized spacial score (nSPS) is 11.3. The molecule has 0 aliphatic carbocycles. The molecule has 0 unspecified atom stereocenters. The van der Waals surface area contributed by atoms with Crippen molar-refractivity contribution in [3.8, 4) is 0 Å². The second-order valence-electron chi connectivity index (χ2n) is 11.2. The molecule has 0 aliphatic heterocycles. The quantitative estimate of drug-likeness (QED) is 0.0638. The zero-order valence-electron chi connectivity index (χ0n) is 25.0. The summed E-state index contributed by atoms with van der Waals surface area (Å²) in [6.45, 7) is 6.96. The van der Waals surface area contributed by atoms with E-state index in [0.29, 0.717) is 0 Å². The minimum atomic E-state index is 0. The molecule has 0 atom stereocenters. The molecule has 0 rings (SSSR count). The van der Waals surface area contributed by atoms with Gasteiger partial charge in [-0.05, 0) is 49.4 Å². The number of rotatable bonds is 30. The summed E-state index contributed by atoms with van der Waals surface area (Å²) in [5.74, 6) is 4.68. The van der Waals surface area contributed by atoms with Crippen LogP contribution in [0.25, 0.3) is 0 Å². The standard InChI is InChI=1S/C33H69S.ClH/c1-4-7-10-13-16-19-22-25-28-31-34(32-29-26-23-20-17-14-11-8-5-2)33-30-27-24-21-18-15-12-9-6-3;/h4-33H2,1-3H3;1H/q+1;/p-1. The van der Waals surface area contributed by atoms with Gasteiger partial charge < -0.3 is 12.4 Å². The van der Waals surface area contributed by atoms with Crippen molar-refractivity contribution in [3.05, 3.63) is 0 Å². The van der Waals surface area contributed by atoms with Gasteiger partial charge in [-0.15, -0.1) is 0 Å². The van der Waals surface area contributed by atoms with E-state index in [4.69, 9.17) is 0 Å². The molecule has 0 radical (unpaired) electrons. The van der Waals surface area contributed by atoms with E-state index in [1.165, 1.54) is 173 Å². The van der Waals surface area contributed by atoms with Gasteiger partial charge in [-0.1, -0.05) is 156 Å². The van der Waals surface area contributed by atoms with Crippen LogP contribution in [-0.4, -0.2) is 17.3 Å². The molecule has 0 aliphatic rings. The Hall–Kier alpha value is 0.640. The fourth-order valence-corrected chi connectivity index (χ4v) is 7.61. The molecule has 0 saturated carbocycles. The van der Waals surface area contributed by atoms with Gasteiger partial charge in [0.05, 0.1) is 0 Å². The van der Waals surface area contributed by atoms with Crippen molar-refractivity contribution in [2.45, 2.75) is 194 Å². The SMILES string of the molecule is CCCCCCCCCCC[S+](CCCCCCCCCCC)CCCCCCCCCCC.[Cl-]. The largest absolute Gasteiger partial charge is 1.00 e. The molecule has 0 N–H and O–H groups in total. The van der Waals surface area contributed by atoms with Crippen molar-refractivity contribution in [1.82, 2.24) is 0 Å². The first-order valence-corrected chi connectivity index (χ1v) is 18.2. The van der Waals surface area contributed by atoms with Crippen LogP contribution in [0.3, 0.4) is 0 Å². The number of unbranched alkanes of at least 4 members (excludes halogenated alkanes) is 24. The molecule has 0 amide bonds. The Kier molecular flexibility index (Phi) is 37.4. The summed E-state index contributed by atoms with van der Waals surface area (Å²) < 4.78 is 0. The lowest BCUT2D eigenvalue weighted by Gasteiger charge is -2.10. The van der Waals surface area contributed by atoms with Crippen LogP contribution in [0.5, 0.6) is 0 Å². The molecule has 0 bridgehead atoms. The maximum absolute atomic E-state index is 2.32. The van der Waals surface area contributed by atoms with Crippen LogP contribution in [0, 0.1) is 0 Å². The molecule has 214 valence electrons. The minimum absolute atomic E-state index is 0. The van der Waals surface area contributed by atoms with Gasteiger partial charge in [-0.25, -0.2) is 0 Å². The van der Waals surface area contributed by atoms with Gasteiger partial charge in [0.25, 0.3) is 0 Å². The van der Waals surface area contributed by atoms with E-state index >= 15 is 0 Å². The van der Waals surface area contributed by atoms with E-state index in [2.05, 4.69) is 20.8 Å². The van der Waals surface area contributed by atoms with Gasteiger partial charge in [0.15, 0.2) is 0 Å². The maximum atomic E-state index is 2.32. The fourth-order valence-electron chi connectivity index (χ4n) is 5.16. The average molecular weight is 533 g/mol. The van der Waals surface area contributed by atoms with E-state index in [1.807, 2.05) is 0 Å². The summed E-state index contributed by atoms with van der Waals surface area (Å²) >= 11 is 0. The second kappa shape index (κ2) is 34.6. The van der Waals surface area contributed by atoms with Crippen LogP contribution >= 0.6 is 0 Å². The van der Waals surface area contributed by atoms with Crippen molar-refractivity contribution >= 4 is 10.9 Å². The summed E-state index contributed by atoms with van der Waals surface area (Å²) in [6, 6.07) is 0. The molecule has 0 fully saturated rings. The smallest absolute Gasteiger partial charge is 0.108 e. The molecule has 0 saturated heterocycles. The van der Waals surface area contributed by atoms with Crippen molar-refractivity contribution in [1.29, 1.82) is 0 Å². The highest BCUT2D eigenvalue weighted by Crippen LogP contribution is 2.16. The summed E-state index contributed by atoms with van der Waals surface area (Å²) in [6.07, 6.45) is 39.8. The van der Waals surface area contributed by atoms with Crippen LogP contribution in [0.2, 0.25) is 0 Å². The van der Waals surface area contributed by atoms with Gasteiger partial charge >= 0.3 is 0 Å². The van der Waals surface area contributed by atoms with Crippen LogP contribution in [0.4, 0.5) is 0 Å². The third-order valence-corrected chi connectivity index (χ3v) is 10.2. The van der Waals surface area contributed by atoms with Crippen LogP contribution < -0.4 is 12.4 Å². The number of hydrogen-bond acceptors (Lipinski definition) is 0. The predicted octanol–water partition coefficient (Wildman–Crippen LogP) is 9.20. The van der Waals surface area contributed by atoms with Gasteiger partial charge in [0, 0.05) is 0 Å². The van der Waals surface area contributed by atoms with Gasteiger partial charge in [0.1, 0.15) is 17.3 Å². The van der Waals surface area contributed by atoms with Crippen LogP contribution in [0.15, 0.2) is 0 Å². The highest BCUT2D eigenvalue weighted by Gasteiger charge is 2.16. The van der Waals surface area contributed by atoms with Crippen molar-refractivity contribution < 1.29 is 12.4 Å². The minimum Gasteiger partial charge on any atom is -1.00 e.